The van der Waals surface area contributed by atoms with Crippen molar-refractivity contribution in [1.29, 1.82) is 0 Å². The van der Waals surface area contributed by atoms with E-state index in [1.807, 2.05) is 0 Å². The normalized spacial score (nSPS) is 4.75. The van der Waals surface area contributed by atoms with Crippen LogP contribution >= 0.6 is 0 Å². The zero-order chi connectivity index (χ0) is 3.41. The highest BCUT2D eigenvalue weighted by atomic mass is 13.5. The van der Waals surface area contributed by atoms with Crippen molar-refractivity contribution in [3.8, 4) is 12.3 Å². The van der Waals surface area contributed by atoms with Gasteiger partial charge in [0.1, 0.15) is 6.42 Å². The van der Waals surface area contributed by atoms with Gasteiger partial charge in [-0.2, -0.15) is 0 Å². The van der Waals surface area contributed by atoms with Crippen LogP contribution in [0.2, 0.25) is 0 Å². The largest absolute Gasteiger partial charge is 0.145 e. The Bertz CT molecular complexity index is 29.8. The van der Waals surface area contributed by atoms with Crippen LogP contribution in [0.1, 0.15) is 6.42 Å². The molecule has 0 aromatic rings. The Morgan fingerprint density at radius 1 is 2.00 bits per heavy atom. The molecule has 0 aliphatic carbocycles. The van der Waals surface area contributed by atoms with E-state index in [1.54, 1.807) is 0 Å². The van der Waals surface area contributed by atoms with Gasteiger partial charge in [-0.05, 0) is 0 Å². The molecule has 20 valence electrons. The molecule has 0 spiro atoms. The number of hydrogen-bond donors (Lipinski definition) is 0. The highest BCUT2D eigenvalue weighted by Gasteiger charge is 1.54. The molecule has 0 unspecified atom stereocenters. The molecule has 0 aromatic carbocycles. The van der Waals surface area contributed by atoms with Gasteiger partial charge in [0.2, 0.25) is 0 Å². The third-order valence-electron chi connectivity index (χ3n) is 0.144. The highest BCUT2D eigenvalue weighted by Crippen LogP contribution is 1.56. The van der Waals surface area contributed by atoms with Crippen LogP contribution in [-0.2, 0) is 0 Å². The molecule has 0 heterocycles. The van der Waals surface area contributed by atoms with E-state index in [2.05, 4.69) is 12.8 Å². The first-order valence-electron chi connectivity index (χ1n) is 1.14. The molecular weight excluding hydrogens is 48.0 g/mol. The smallest absolute Gasteiger partial charge is 0.116 e. The van der Waals surface area contributed by atoms with Crippen molar-refractivity contribution in [3.63, 3.8) is 0 Å². The molecule has 0 rings (SSSR count). The molecule has 0 N–H and O–H groups in total. The lowest BCUT2D eigenvalue weighted by atomic mass is 10.5. The highest BCUT2D eigenvalue weighted by molar-refractivity contribution is 4.83. The minimum Gasteiger partial charge on any atom is -0.116 e. The van der Waals surface area contributed by atoms with Crippen LogP contribution in [0.25, 0.3) is 0 Å². The SMILES string of the molecule is C#CC[CH2+]. The second-order valence-corrected chi connectivity index (χ2v) is 0.454. The third kappa shape index (κ3) is 1.43. The second-order valence-electron chi connectivity index (χ2n) is 0.454. The maximum absolute atomic E-state index is 4.72. The lowest BCUT2D eigenvalue weighted by molar-refractivity contribution is 1.49. The molecule has 0 radical (unpaired) electrons. The van der Waals surface area contributed by atoms with Crippen LogP contribution in [0.5, 0.6) is 0 Å². The Morgan fingerprint density at radius 3 is 2.25 bits per heavy atom. The van der Waals surface area contributed by atoms with Gasteiger partial charge in [-0.15, -0.1) is 6.42 Å². The van der Waals surface area contributed by atoms with Crippen molar-refractivity contribution >= 4 is 0 Å². The molecule has 0 heteroatoms. The minimum atomic E-state index is 0.597. The molecule has 4 heavy (non-hydrogen) atoms. The van der Waals surface area contributed by atoms with E-state index in [0.717, 1.165) is 0 Å². The number of terminal acetylenes is 1. The van der Waals surface area contributed by atoms with Crippen LogP contribution in [0, 0.1) is 19.3 Å². The maximum Gasteiger partial charge on any atom is 0.145 e. The fourth-order valence-corrected chi connectivity index (χ4v) is 0. The third-order valence-corrected chi connectivity index (χ3v) is 0.144. The fourth-order valence-electron chi connectivity index (χ4n) is 0. The predicted molar refractivity (Wildman–Crippen MR) is 18.8 cm³/mol. The Kier molecular flexibility index (Phi) is 2.08. The summed E-state index contributed by atoms with van der Waals surface area (Å²) >= 11 is 0. The van der Waals surface area contributed by atoms with Gasteiger partial charge in [0.15, 0.2) is 0 Å². The first-order valence-corrected chi connectivity index (χ1v) is 1.14. The Balaban J connectivity index is 2.43. The second kappa shape index (κ2) is 2.43. The van der Waals surface area contributed by atoms with Crippen molar-refractivity contribution in [1.82, 2.24) is 0 Å². The fraction of sp³-hybridized carbons (Fsp3) is 0.250. The van der Waals surface area contributed by atoms with E-state index >= 15 is 0 Å². The van der Waals surface area contributed by atoms with Crippen LogP contribution in [0.15, 0.2) is 0 Å². The van der Waals surface area contributed by atoms with Crippen LogP contribution in [-0.4, -0.2) is 0 Å². The molecule has 0 saturated heterocycles. The van der Waals surface area contributed by atoms with E-state index in [9.17, 15) is 0 Å². The number of rotatable bonds is 0. The molecule has 0 amide bonds. The van der Waals surface area contributed by atoms with Gasteiger partial charge in [0.25, 0.3) is 0 Å². The molecule has 0 bridgehead atoms. The molecule has 0 saturated carbocycles. The first-order chi connectivity index (χ1) is 1.91. The molecule has 0 aromatic heterocycles. The quantitative estimate of drug-likeness (QED) is 0.283. The Hall–Kier alpha value is -0.570. The van der Waals surface area contributed by atoms with Gasteiger partial charge in [0, 0.05) is 0 Å². The van der Waals surface area contributed by atoms with Crippen molar-refractivity contribution < 1.29 is 0 Å². The minimum absolute atomic E-state index is 0.597. The molecule has 0 aliphatic rings. The summed E-state index contributed by atoms with van der Waals surface area (Å²) in [5, 5.41) is 0. The molecule has 0 fully saturated rings. The van der Waals surface area contributed by atoms with Crippen molar-refractivity contribution in [3.05, 3.63) is 6.92 Å². The van der Waals surface area contributed by atoms with Crippen LogP contribution < -0.4 is 0 Å². The van der Waals surface area contributed by atoms with E-state index in [0.29, 0.717) is 6.42 Å². The monoisotopic (exact) mass is 53.0 g/mol. The van der Waals surface area contributed by atoms with E-state index in [-0.39, 0.29) is 0 Å². The zero-order valence-corrected chi connectivity index (χ0v) is 2.49. The lowest BCUT2D eigenvalue weighted by Crippen LogP contribution is -1.40. The molecule has 0 nitrogen and oxygen atoms in total. The average molecular weight is 53.1 g/mol. The standard InChI is InChI=1S/C4H5/c1-3-4-2/h1H,2,4H2/q+1. The summed E-state index contributed by atoms with van der Waals surface area (Å²) in [6, 6.07) is 0. The lowest BCUT2D eigenvalue weighted by Gasteiger charge is -1.42. The van der Waals surface area contributed by atoms with Gasteiger partial charge in [-0.1, -0.05) is 5.92 Å². The summed E-state index contributed by atoms with van der Waals surface area (Å²) in [5.41, 5.74) is 0. The predicted octanol–water partition coefficient (Wildman–Crippen LogP) is 0.844. The van der Waals surface area contributed by atoms with Crippen LogP contribution in [0.4, 0.5) is 0 Å². The zero-order valence-electron chi connectivity index (χ0n) is 2.49. The first kappa shape index (κ1) is 3.43. The van der Waals surface area contributed by atoms with Crippen LogP contribution in [0.3, 0.4) is 0 Å². The van der Waals surface area contributed by atoms with Gasteiger partial charge < -0.3 is 0 Å². The van der Waals surface area contributed by atoms with E-state index in [4.69, 9.17) is 6.42 Å². The van der Waals surface area contributed by atoms with Crippen molar-refractivity contribution in [2.45, 2.75) is 6.42 Å². The molecular formula is C4H5+. The van der Waals surface area contributed by atoms with E-state index in [1.165, 1.54) is 0 Å². The van der Waals surface area contributed by atoms with Gasteiger partial charge >= 0.3 is 0 Å². The summed E-state index contributed by atoms with van der Waals surface area (Å²) in [5.74, 6) is 2.32. The van der Waals surface area contributed by atoms with Crippen molar-refractivity contribution in [2.75, 3.05) is 0 Å². The summed E-state index contributed by atoms with van der Waals surface area (Å²) in [7, 11) is 0. The average Bonchev–Trinajstić information content (AvgIpc) is 1.37. The molecule has 0 aliphatic heterocycles. The van der Waals surface area contributed by atoms with Gasteiger partial charge in [-0.25, -0.2) is 0 Å². The molecule has 0 atom stereocenters. The Labute approximate surface area is 26.8 Å². The maximum atomic E-state index is 4.72. The number of hydrogen-bond acceptors (Lipinski definition) is 0. The van der Waals surface area contributed by atoms with E-state index < -0.39 is 0 Å². The summed E-state index contributed by atoms with van der Waals surface area (Å²) in [4.78, 5) is 0. The summed E-state index contributed by atoms with van der Waals surface area (Å²) < 4.78 is 0. The van der Waals surface area contributed by atoms with Crippen molar-refractivity contribution in [2.24, 2.45) is 0 Å². The van der Waals surface area contributed by atoms with Gasteiger partial charge in [-0.3, -0.25) is 0 Å². The van der Waals surface area contributed by atoms with Gasteiger partial charge in [0.05, 0.1) is 6.92 Å². The summed E-state index contributed by atoms with van der Waals surface area (Å²) in [6.45, 7) is 3.37. The Morgan fingerprint density at radius 2 is 2.25 bits per heavy atom. The summed E-state index contributed by atoms with van der Waals surface area (Å²) in [6.07, 6.45) is 5.31. The topological polar surface area (TPSA) is 0 Å².